The van der Waals surface area contributed by atoms with Crippen LogP contribution in [0.3, 0.4) is 0 Å². The topological polar surface area (TPSA) is 78.6 Å². The number of aliphatic hydroxyl groups excluding tert-OH is 1. The van der Waals surface area contributed by atoms with Crippen LogP contribution < -0.4 is 11.3 Å². The highest BCUT2D eigenvalue weighted by molar-refractivity contribution is 5.75. The van der Waals surface area contributed by atoms with E-state index in [0.29, 0.717) is 6.42 Å². The lowest BCUT2D eigenvalue weighted by Gasteiger charge is -2.33. The third-order valence-corrected chi connectivity index (χ3v) is 3.34. The van der Waals surface area contributed by atoms with Crippen molar-refractivity contribution < 1.29 is 9.90 Å². The van der Waals surface area contributed by atoms with E-state index in [2.05, 4.69) is 10.3 Å². The van der Waals surface area contributed by atoms with E-state index in [4.69, 9.17) is 5.84 Å². The van der Waals surface area contributed by atoms with Gasteiger partial charge in [0.2, 0.25) is 5.91 Å². The zero-order valence-electron chi connectivity index (χ0n) is 9.98. The smallest absolute Gasteiger partial charge is 0.235 e. The molecule has 1 heterocycles. The number of hydrazine groups is 1. The predicted octanol–water partition coefficient (Wildman–Crippen LogP) is -0.00820. The van der Waals surface area contributed by atoms with Gasteiger partial charge in [-0.05, 0) is 26.3 Å². The summed E-state index contributed by atoms with van der Waals surface area (Å²) >= 11 is 0. The number of carbonyl (C=O) groups is 1. The number of hydrogen-bond acceptors (Lipinski definition) is 4. The minimum atomic E-state index is -0.145. The lowest BCUT2D eigenvalue weighted by atomic mass is 10.1. The van der Waals surface area contributed by atoms with Crippen molar-refractivity contribution in [3.63, 3.8) is 0 Å². The molecule has 5 heteroatoms. The maximum Gasteiger partial charge on any atom is 0.235 e. The van der Waals surface area contributed by atoms with Gasteiger partial charge in [0.1, 0.15) is 0 Å². The van der Waals surface area contributed by atoms with Crippen molar-refractivity contribution in [1.29, 1.82) is 0 Å². The summed E-state index contributed by atoms with van der Waals surface area (Å²) in [5.74, 6) is 4.94. The molecule has 1 fully saturated rings. The molecule has 2 unspecified atom stereocenters. The summed E-state index contributed by atoms with van der Waals surface area (Å²) in [6.07, 6.45) is 4.93. The Kier molecular flexibility index (Phi) is 5.73. The molecule has 0 aromatic heterocycles. The highest BCUT2D eigenvalue weighted by Gasteiger charge is 2.25. The SMILES string of the molecule is CC(CC(=O)NN)N1CCCCCC1CO. The summed E-state index contributed by atoms with van der Waals surface area (Å²) in [5, 5.41) is 9.36. The lowest BCUT2D eigenvalue weighted by molar-refractivity contribution is -0.122. The van der Waals surface area contributed by atoms with Crippen molar-refractivity contribution in [2.24, 2.45) is 5.84 Å². The summed E-state index contributed by atoms with van der Waals surface area (Å²) in [6.45, 7) is 3.15. The molecule has 0 spiro atoms. The van der Waals surface area contributed by atoms with Crippen LogP contribution in [-0.2, 0) is 4.79 Å². The first-order valence-corrected chi connectivity index (χ1v) is 6.05. The van der Waals surface area contributed by atoms with Crippen LogP contribution in [0.25, 0.3) is 0 Å². The molecule has 1 amide bonds. The first-order valence-electron chi connectivity index (χ1n) is 6.05. The van der Waals surface area contributed by atoms with Crippen LogP contribution in [0.5, 0.6) is 0 Å². The number of hydrogen-bond donors (Lipinski definition) is 3. The van der Waals surface area contributed by atoms with Crippen LogP contribution in [0.2, 0.25) is 0 Å². The third-order valence-electron chi connectivity index (χ3n) is 3.34. The van der Waals surface area contributed by atoms with E-state index in [1.54, 1.807) is 0 Å². The number of nitrogens with one attached hydrogen (secondary N) is 1. The molecule has 4 N–H and O–H groups in total. The molecule has 0 aromatic rings. The number of nitrogens with zero attached hydrogens (tertiary/aromatic N) is 1. The van der Waals surface area contributed by atoms with Gasteiger partial charge >= 0.3 is 0 Å². The first-order chi connectivity index (χ1) is 7.69. The Morgan fingerprint density at radius 3 is 2.94 bits per heavy atom. The summed E-state index contributed by atoms with van der Waals surface area (Å²) in [5.41, 5.74) is 2.16. The second-order valence-electron chi connectivity index (χ2n) is 4.54. The molecule has 1 rings (SSSR count). The van der Waals surface area contributed by atoms with Crippen LogP contribution in [0.15, 0.2) is 0 Å². The fourth-order valence-corrected chi connectivity index (χ4v) is 2.42. The van der Waals surface area contributed by atoms with Crippen molar-refractivity contribution in [1.82, 2.24) is 10.3 Å². The van der Waals surface area contributed by atoms with E-state index in [0.717, 1.165) is 25.8 Å². The lowest BCUT2D eigenvalue weighted by Crippen LogP contribution is -2.46. The standard InChI is InChI=1S/C11H23N3O2/c1-9(7-11(16)13-12)14-6-4-2-3-5-10(14)8-15/h9-10,15H,2-8,12H2,1H3,(H,13,16). The van der Waals surface area contributed by atoms with E-state index in [9.17, 15) is 9.90 Å². The zero-order chi connectivity index (χ0) is 12.0. The van der Waals surface area contributed by atoms with Gasteiger partial charge in [0.05, 0.1) is 6.61 Å². The summed E-state index contributed by atoms with van der Waals surface area (Å²) in [6, 6.07) is 0.335. The van der Waals surface area contributed by atoms with Crippen LogP contribution in [0.4, 0.5) is 0 Å². The second kappa shape index (κ2) is 6.83. The molecule has 0 saturated carbocycles. The molecular weight excluding hydrogens is 206 g/mol. The van der Waals surface area contributed by atoms with Crippen LogP contribution >= 0.6 is 0 Å². The number of rotatable bonds is 4. The van der Waals surface area contributed by atoms with Gasteiger partial charge in [-0.1, -0.05) is 12.8 Å². The minimum absolute atomic E-state index is 0.138. The number of nitrogens with two attached hydrogens (primary N) is 1. The second-order valence-corrected chi connectivity index (χ2v) is 4.54. The summed E-state index contributed by atoms with van der Waals surface area (Å²) in [4.78, 5) is 13.5. The summed E-state index contributed by atoms with van der Waals surface area (Å²) in [7, 11) is 0. The molecular formula is C11H23N3O2. The van der Waals surface area contributed by atoms with Gasteiger partial charge < -0.3 is 5.11 Å². The van der Waals surface area contributed by atoms with Gasteiger partial charge in [-0.25, -0.2) is 5.84 Å². The monoisotopic (exact) mass is 229 g/mol. The maximum atomic E-state index is 11.2. The fourth-order valence-electron chi connectivity index (χ4n) is 2.42. The Labute approximate surface area is 97.0 Å². The van der Waals surface area contributed by atoms with Crippen molar-refractivity contribution in [2.45, 2.75) is 51.1 Å². The molecule has 94 valence electrons. The molecule has 0 bridgehead atoms. The van der Waals surface area contributed by atoms with Crippen molar-refractivity contribution in [3.05, 3.63) is 0 Å². The Morgan fingerprint density at radius 2 is 2.31 bits per heavy atom. The van der Waals surface area contributed by atoms with Gasteiger partial charge in [-0.3, -0.25) is 15.1 Å². The minimum Gasteiger partial charge on any atom is -0.395 e. The van der Waals surface area contributed by atoms with Gasteiger partial charge in [0, 0.05) is 18.5 Å². The number of likely N-dealkylation sites (tertiary alicyclic amines) is 1. The Bertz CT molecular complexity index is 223. The largest absolute Gasteiger partial charge is 0.395 e. The van der Waals surface area contributed by atoms with Crippen LogP contribution in [-0.4, -0.2) is 41.1 Å². The van der Waals surface area contributed by atoms with Crippen LogP contribution in [0, 0.1) is 0 Å². The van der Waals surface area contributed by atoms with E-state index in [1.165, 1.54) is 6.42 Å². The van der Waals surface area contributed by atoms with E-state index in [1.807, 2.05) is 6.92 Å². The van der Waals surface area contributed by atoms with Gasteiger partial charge in [0.25, 0.3) is 0 Å². The highest BCUT2D eigenvalue weighted by Crippen LogP contribution is 2.20. The van der Waals surface area contributed by atoms with Gasteiger partial charge in [0.15, 0.2) is 0 Å². The number of carbonyl (C=O) groups excluding carboxylic acids is 1. The molecule has 2 atom stereocenters. The Morgan fingerprint density at radius 1 is 1.56 bits per heavy atom. The van der Waals surface area contributed by atoms with Crippen molar-refractivity contribution in [2.75, 3.05) is 13.2 Å². The first kappa shape index (κ1) is 13.4. The van der Waals surface area contributed by atoms with Crippen molar-refractivity contribution >= 4 is 5.91 Å². The average Bonchev–Trinajstić information content (AvgIpc) is 2.53. The average molecular weight is 229 g/mol. The maximum absolute atomic E-state index is 11.2. The molecule has 0 radical (unpaired) electrons. The van der Waals surface area contributed by atoms with E-state index in [-0.39, 0.29) is 24.6 Å². The third kappa shape index (κ3) is 3.73. The molecule has 16 heavy (non-hydrogen) atoms. The van der Waals surface area contributed by atoms with E-state index < -0.39 is 0 Å². The molecule has 1 aliphatic rings. The van der Waals surface area contributed by atoms with Gasteiger partial charge in [-0.2, -0.15) is 0 Å². The Hall–Kier alpha value is -0.650. The molecule has 0 aliphatic carbocycles. The van der Waals surface area contributed by atoms with Gasteiger partial charge in [-0.15, -0.1) is 0 Å². The van der Waals surface area contributed by atoms with E-state index >= 15 is 0 Å². The fraction of sp³-hybridized carbons (Fsp3) is 0.909. The zero-order valence-corrected chi connectivity index (χ0v) is 9.98. The Balaban J connectivity index is 2.55. The highest BCUT2D eigenvalue weighted by atomic mass is 16.3. The van der Waals surface area contributed by atoms with Crippen molar-refractivity contribution in [3.8, 4) is 0 Å². The predicted molar refractivity (Wildman–Crippen MR) is 62.5 cm³/mol. The molecule has 1 saturated heterocycles. The normalized spacial score (nSPS) is 24.8. The number of amides is 1. The van der Waals surface area contributed by atoms with Crippen LogP contribution in [0.1, 0.15) is 39.0 Å². The quantitative estimate of drug-likeness (QED) is 0.360. The summed E-state index contributed by atoms with van der Waals surface area (Å²) < 4.78 is 0. The molecule has 0 aromatic carbocycles. The molecule has 5 nitrogen and oxygen atoms in total. The number of aliphatic hydroxyl groups is 1. The molecule has 1 aliphatic heterocycles.